The van der Waals surface area contributed by atoms with Crippen molar-refractivity contribution in [1.82, 2.24) is 15.3 Å². The molecular formula is C13H20N4S. The Labute approximate surface area is 113 Å². The third-order valence-corrected chi connectivity index (χ3v) is 4.34. The van der Waals surface area contributed by atoms with Crippen molar-refractivity contribution >= 4 is 17.6 Å². The van der Waals surface area contributed by atoms with Crippen molar-refractivity contribution in [2.24, 2.45) is 0 Å². The molecule has 0 amide bonds. The summed E-state index contributed by atoms with van der Waals surface area (Å²) in [6.07, 6.45) is 8.98. The molecule has 1 aromatic heterocycles. The second-order valence-electron chi connectivity index (χ2n) is 5.10. The summed E-state index contributed by atoms with van der Waals surface area (Å²) in [5, 5.41) is 4.64. The minimum atomic E-state index is 0.637. The van der Waals surface area contributed by atoms with E-state index in [0.717, 1.165) is 17.4 Å². The Morgan fingerprint density at radius 3 is 2.94 bits per heavy atom. The topological polar surface area (TPSA) is 41.0 Å². The third kappa shape index (κ3) is 2.78. The maximum Gasteiger partial charge on any atom is 0.133 e. The van der Waals surface area contributed by atoms with E-state index in [2.05, 4.69) is 32.5 Å². The summed E-state index contributed by atoms with van der Waals surface area (Å²) in [7, 11) is 0. The molecular weight excluding hydrogens is 244 g/mol. The van der Waals surface area contributed by atoms with Crippen LogP contribution in [0.4, 0.5) is 5.82 Å². The molecule has 0 radical (unpaired) electrons. The van der Waals surface area contributed by atoms with Crippen molar-refractivity contribution in [2.75, 3.05) is 24.2 Å². The third-order valence-electron chi connectivity index (χ3n) is 3.70. The van der Waals surface area contributed by atoms with Crippen LogP contribution in [0.3, 0.4) is 0 Å². The van der Waals surface area contributed by atoms with Gasteiger partial charge in [-0.25, -0.2) is 9.97 Å². The predicted molar refractivity (Wildman–Crippen MR) is 75.2 cm³/mol. The molecule has 1 saturated heterocycles. The number of thioether (sulfide) groups is 1. The van der Waals surface area contributed by atoms with Gasteiger partial charge in [0.2, 0.25) is 0 Å². The van der Waals surface area contributed by atoms with Crippen LogP contribution in [0.5, 0.6) is 0 Å². The summed E-state index contributed by atoms with van der Waals surface area (Å²) in [5.74, 6) is 1.10. The lowest BCUT2D eigenvalue weighted by Gasteiger charge is -2.26. The number of hydrogen-bond acceptors (Lipinski definition) is 5. The first-order valence-corrected chi connectivity index (χ1v) is 7.95. The number of nitrogens with zero attached hydrogens (tertiary/aromatic N) is 3. The van der Waals surface area contributed by atoms with Gasteiger partial charge in [-0.1, -0.05) is 0 Å². The molecule has 1 unspecified atom stereocenters. The van der Waals surface area contributed by atoms with Crippen LogP contribution in [0.1, 0.15) is 25.7 Å². The molecule has 4 nitrogen and oxygen atoms in total. The lowest BCUT2D eigenvalue weighted by atomic mass is 10.2. The predicted octanol–water partition coefficient (Wildman–Crippen LogP) is 1.92. The fourth-order valence-corrected chi connectivity index (χ4v) is 2.94. The highest BCUT2D eigenvalue weighted by Gasteiger charge is 2.32. The number of aromatic nitrogens is 2. The minimum absolute atomic E-state index is 0.637. The summed E-state index contributed by atoms with van der Waals surface area (Å²) >= 11 is 1.68. The van der Waals surface area contributed by atoms with Crippen LogP contribution in [-0.4, -0.2) is 41.4 Å². The number of nitrogens with one attached hydrogen (secondary N) is 1. The van der Waals surface area contributed by atoms with Crippen molar-refractivity contribution < 1.29 is 0 Å². The number of rotatable bonds is 5. The van der Waals surface area contributed by atoms with Gasteiger partial charge in [0.15, 0.2) is 0 Å². The van der Waals surface area contributed by atoms with E-state index in [1.807, 2.05) is 0 Å². The van der Waals surface area contributed by atoms with Crippen LogP contribution in [-0.2, 0) is 0 Å². The van der Waals surface area contributed by atoms with Gasteiger partial charge in [-0.05, 0) is 38.5 Å². The van der Waals surface area contributed by atoms with E-state index >= 15 is 0 Å². The van der Waals surface area contributed by atoms with Crippen molar-refractivity contribution in [3.8, 4) is 0 Å². The van der Waals surface area contributed by atoms with Gasteiger partial charge < -0.3 is 10.2 Å². The first-order valence-electron chi connectivity index (χ1n) is 6.73. The van der Waals surface area contributed by atoms with Crippen LogP contribution in [0.25, 0.3) is 0 Å². The van der Waals surface area contributed by atoms with Gasteiger partial charge >= 0.3 is 0 Å². The molecule has 5 heteroatoms. The van der Waals surface area contributed by atoms with Gasteiger partial charge in [-0.15, -0.1) is 11.8 Å². The van der Waals surface area contributed by atoms with E-state index in [4.69, 9.17) is 0 Å². The molecule has 0 aromatic carbocycles. The summed E-state index contributed by atoms with van der Waals surface area (Å²) < 4.78 is 0. The molecule has 2 heterocycles. The van der Waals surface area contributed by atoms with E-state index in [9.17, 15) is 0 Å². The van der Waals surface area contributed by atoms with Crippen LogP contribution in [0, 0.1) is 0 Å². The maximum absolute atomic E-state index is 4.46. The highest BCUT2D eigenvalue weighted by molar-refractivity contribution is 7.98. The Hall–Kier alpha value is -0.810. The standard InChI is InChI=1S/C13H20N4S/c1-18-13-7-12(15-9-16-13)17(11-4-5-11)8-10-3-2-6-14-10/h7,9-11,14H,2-6,8H2,1H3. The smallest absolute Gasteiger partial charge is 0.133 e. The summed E-state index contributed by atoms with van der Waals surface area (Å²) in [6.45, 7) is 2.26. The van der Waals surface area contributed by atoms with Crippen molar-refractivity contribution in [3.05, 3.63) is 12.4 Å². The molecule has 0 spiro atoms. The Morgan fingerprint density at radius 2 is 2.28 bits per heavy atom. The monoisotopic (exact) mass is 264 g/mol. The second kappa shape index (κ2) is 5.45. The van der Waals surface area contributed by atoms with Gasteiger partial charge in [-0.3, -0.25) is 0 Å². The molecule has 18 heavy (non-hydrogen) atoms. The Bertz CT molecular complexity index is 402. The summed E-state index contributed by atoms with van der Waals surface area (Å²) in [4.78, 5) is 11.2. The van der Waals surface area contributed by atoms with Crippen LogP contribution in [0.2, 0.25) is 0 Å². The molecule has 1 aliphatic carbocycles. The zero-order valence-corrected chi connectivity index (χ0v) is 11.6. The van der Waals surface area contributed by atoms with Crippen LogP contribution < -0.4 is 10.2 Å². The first-order chi connectivity index (χ1) is 8.86. The van der Waals surface area contributed by atoms with Crippen LogP contribution >= 0.6 is 11.8 Å². The van der Waals surface area contributed by atoms with E-state index in [1.165, 1.54) is 32.2 Å². The molecule has 1 saturated carbocycles. The lowest BCUT2D eigenvalue weighted by molar-refractivity contribution is 0.574. The average Bonchev–Trinajstić information content (AvgIpc) is 3.13. The van der Waals surface area contributed by atoms with E-state index < -0.39 is 0 Å². The summed E-state index contributed by atoms with van der Waals surface area (Å²) in [6, 6.07) is 3.47. The van der Waals surface area contributed by atoms with Crippen LogP contribution in [0.15, 0.2) is 17.4 Å². The normalized spacial score (nSPS) is 23.3. The zero-order valence-electron chi connectivity index (χ0n) is 10.8. The molecule has 98 valence electrons. The molecule has 3 rings (SSSR count). The number of anilines is 1. The molecule has 2 aliphatic rings. The maximum atomic E-state index is 4.46. The SMILES string of the molecule is CSc1cc(N(CC2CCCN2)C2CC2)ncn1. The Morgan fingerprint density at radius 1 is 1.39 bits per heavy atom. The highest BCUT2D eigenvalue weighted by atomic mass is 32.2. The molecule has 1 aromatic rings. The van der Waals surface area contributed by atoms with Crippen molar-refractivity contribution in [2.45, 2.75) is 42.8 Å². The van der Waals surface area contributed by atoms with Gasteiger partial charge in [0, 0.05) is 24.7 Å². The average molecular weight is 264 g/mol. The lowest BCUT2D eigenvalue weighted by Crippen LogP contribution is -2.39. The zero-order chi connectivity index (χ0) is 12.4. The Balaban J connectivity index is 1.75. The van der Waals surface area contributed by atoms with Gasteiger partial charge in [0.05, 0.1) is 0 Å². The van der Waals surface area contributed by atoms with Crippen molar-refractivity contribution in [3.63, 3.8) is 0 Å². The molecule has 0 bridgehead atoms. The fourth-order valence-electron chi connectivity index (χ4n) is 2.56. The summed E-state index contributed by atoms with van der Waals surface area (Å²) in [5.41, 5.74) is 0. The minimum Gasteiger partial charge on any atom is -0.352 e. The van der Waals surface area contributed by atoms with Gasteiger partial charge in [0.25, 0.3) is 0 Å². The fraction of sp³-hybridized carbons (Fsp3) is 0.692. The van der Waals surface area contributed by atoms with Gasteiger partial charge in [-0.2, -0.15) is 0 Å². The van der Waals surface area contributed by atoms with E-state index in [0.29, 0.717) is 12.1 Å². The van der Waals surface area contributed by atoms with Crippen molar-refractivity contribution in [1.29, 1.82) is 0 Å². The first kappa shape index (κ1) is 12.2. The molecule has 1 aliphatic heterocycles. The molecule has 2 fully saturated rings. The quantitative estimate of drug-likeness (QED) is 0.650. The largest absolute Gasteiger partial charge is 0.352 e. The molecule has 1 N–H and O–H groups in total. The highest BCUT2D eigenvalue weighted by Crippen LogP contribution is 2.32. The van der Waals surface area contributed by atoms with Gasteiger partial charge in [0.1, 0.15) is 17.2 Å². The molecule has 1 atom stereocenters. The number of hydrogen-bond donors (Lipinski definition) is 1. The Kier molecular flexibility index (Phi) is 3.70. The van der Waals surface area contributed by atoms with E-state index in [1.54, 1.807) is 18.1 Å². The second-order valence-corrected chi connectivity index (χ2v) is 5.92. The van der Waals surface area contributed by atoms with E-state index in [-0.39, 0.29) is 0 Å².